The Labute approximate surface area is 146 Å². The number of hydrogen-bond acceptors (Lipinski definition) is 5. The van der Waals surface area contributed by atoms with E-state index in [0.717, 1.165) is 0 Å². The normalized spacial score (nSPS) is 16.0. The molecule has 2 heterocycles. The summed E-state index contributed by atoms with van der Waals surface area (Å²) in [7, 11) is 1.53. The Morgan fingerprint density at radius 2 is 2.08 bits per heavy atom. The van der Waals surface area contributed by atoms with Gasteiger partial charge in [-0.2, -0.15) is 0 Å². The van der Waals surface area contributed by atoms with Gasteiger partial charge in [-0.1, -0.05) is 32.4 Å². The summed E-state index contributed by atoms with van der Waals surface area (Å²) in [6, 6.07) is 0.774. The van der Waals surface area contributed by atoms with Crippen molar-refractivity contribution in [3.8, 4) is 5.75 Å². The van der Waals surface area contributed by atoms with Crippen LogP contribution in [-0.4, -0.2) is 49.2 Å². The Morgan fingerprint density at radius 3 is 2.58 bits per heavy atom. The van der Waals surface area contributed by atoms with E-state index < -0.39 is 17.4 Å². The van der Waals surface area contributed by atoms with Crippen molar-refractivity contribution < 1.29 is 19.1 Å². The fourth-order valence-corrected chi connectivity index (χ4v) is 2.27. The number of nitrogens with zero attached hydrogens (tertiary/aromatic N) is 1. The van der Waals surface area contributed by atoms with Gasteiger partial charge in [-0.05, 0) is 5.41 Å². The summed E-state index contributed by atoms with van der Waals surface area (Å²) in [5, 5.41) is 5.59. The first kappa shape index (κ1) is 18.5. The second-order valence-electron chi connectivity index (χ2n) is 6.66. The molecule has 0 aromatic carbocycles. The number of halogens is 1. The number of rotatable bonds is 5. The quantitative estimate of drug-likeness (QED) is 0.833. The van der Waals surface area contributed by atoms with Gasteiger partial charge in [0.15, 0.2) is 0 Å². The third kappa shape index (κ3) is 4.36. The standard InChI is InChI=1S/C16H22ClN3O4/c1-16(2,3)13(15(22)18-4)20-14(21)11-5-12(10(17)6-19-11)24-9-7-23-8-9/h5-6,9,13H,7-8H2,1-4H3,(H,18,22)(H,20,21)/t13-/m1/s1. The molecular formula is C16H22ClN3O4. The highest BCUT2D eigenvalue weighted by atomic mass is 35.5. The van der Waals surface area contributed by atoms with Gasteiger partial charge in [0.25, 0.3) is 5.91 Å². The predicted octanol–water partition coefficient (Wildman–Crippen LogP) is 1.40. The fraction of sp³-hybridized carbons (Fsp3) is 0.562. The largest absolute Gasteiger partial charge is 0.484 e. The Morgan fingerprint density at radius 1 is 1.42 bits per heavy atom. The molecule has 0 unspecified atom stereocenters. The van der Waals surface area contributed by atoms with Gasteiger partial charge in [0.2, 0.25) is 5.91 Å². The van der Waals surface area contributed by atoms with Crippen molar-refractivity contribution in [1.29, 1.82) is 0 Å². The van der Waals surface area contributed by atoms with Gasteiger partial charge in [-0.3, -0.25) is 9.59 Å². The highest BCUT2D eigenvalue weighted by Gasteiger charge is 2.33. The van der Waals surface area contributed by atoms with Crippen molar-refractivity contribution in [2.45, 2.75) is 32.9 Å². The van der Waals surface area contributed by atoms with Crippen LogP contribution in [0.2, 0.25) is 5.02 Å². The lowest BCUT2D eigenvalue weighted by molar-refractivity contribution is -0.124. The summed E-state index contributed by atoms with van der Waals surface area (Å²) in [6.07, 6.45) is 1.28. The van der Waals surface area contributed by atoms with Crippen molar-refractivity contribution in [3.05, 3.63) is 23.0 Å². The smallest absolute Gasteiger partial charge is 0.270 e. The summed E-state index contributed by atoms with van der Waals surface area (Å²) in [4.78, 5) is 28.5. The molecule has 0 spiro atoms. The SMILES string of the molecule is CNC(=O)[C@@H](NC(=O)c1cc(OC2COC2)c(Cl)cn1)C(C)(C)C. The molecule has 132 valence electrons. The molecule has 0 bridgehead atoms. The van der Waals surface area contributed by atoms with Gasteiger partial charge >= 0.3 is 0 Å². The van der Waals surface area contributed by atoms with Gasteiger partial charge in [0.05, 0.1) is 19.4 Å². The third-order valence-electron chi connectivity index (χ3n) is 3.60. The lowest BCUT2D eigenvalue weighted by atomic mass is 9.86. The topological polar surface area (TPSA) is 89.6 Å². The van der Waals surface area contributed by atoms with E-state index in [1.165, 1.54) is 19.3 Å². The van der Waals surface area contributed by atoms with Crippen LogP contribution in [0.4, 0.5) is 0 Å². The second kappa shape index (κ2) is 7.36. The molecular weight excluding hydrogens is 334 g/mol. The van der Waals surface area contributed by atoms with E-state index in [9.17, 15) is 9.59 Å². The van der Waals surface area contributed by atoms with Crippen molar-refractivity contribution >= 4 is 23.4 Å². The number of likely N-dealkylation sites (N-methyl/N-ethyl adjacent to an activating group) is 1. The molecule has 1 aromatic heterocycles. The fourth-order valence-electron chi connectivity index (χ4n) is 2.12. The number of ether oxygens (including phenoxy) is 2. The van der Waals surface area contributed by atoms with Crippen molar-refractivity contribution in [1.82, 2.24) is 15.6 Å². The maximum absolute atomic E-state index is 12.5. The van der Waals surface area contributed by atoms with E-state index in [-0.39, 0.29) is 17.7 Å². The number of pyridine rings is 1. The minimum absolute atomic E-state index is 0.0750. The lowest BCUT2D eigenvalue weighted by Crippen LogP contribution is -2.53. The van der Waals surface area contributed by atoms with Gasteiger partial charge < -0.3 is 20.1 Å². The summed E-state index contributed by atoms with van der Waals surface area (Å²) in [5.41, 5.74) is -0.321. The van der Waals surface area contributed by atoms with E-state index in [1.807, 2.05) is 20.8 Å². The van der Waals surface area contributed by atoms with E-state index in [0.29, 0.717) is 24.0 Å². The summed E-state index contributed by atoms with van der Waals surface area (Å²) in [5.74, 6) is -0.366. The van der Waals surface area contributed by atoms with Gasteiger partial charge in [0.1, 0.15) is 28.6 Å². The lowest BCUT2D eigenvalue weighted by Gasteiger charge is -2.30. The molecule has 1 aliphatic rings. The predicted molar refractivity (Wildman–Crippen MR) is 89.3 cm³/mol. The van der Waals surface area contributed by atoms with E-state index >= 15 is 0 Å². The zero-order valence-electron chi connectivity index (χ0n) is 14.2. The summed E-state index contributed by atoms with van der Waals surface area (Å²) < 4.78 is 10.7. The van der Waals surface area contributed by atoms with Gasteiger partial charge in [-0.15, -0.1) is 0 Å². The van der Waals surface area contributed by atoms with E-state index in [2.05, 4.69) is 15.6 Å². The van der Waals surface area contributed by atoms with Crippen molar-refractivity contribution in [3.63, 3.8) is 0 Å². The molecule has 0 saturated carbocycles. The highest BCUT2D eigenvalue weighted by Crippen LogP contribution is 2.27. The molecule has 0 aliphatic carbocycles. The molecule has 1 saturated heterocycles. The molecule has 7 nitrogen and oxygen atoms in total. The Balaban J connectivity index is 2.15. The van der Waals surface area contributed by atoms with Crippen molar-refractivity contribution in [2.24, 2.45) is 5.41 Å². The molecule has 1 fully saturated rings. The monoisotopic (exact) mass is 355 g/mol. The Bertz CT molecular complexity index is 626. The van der Waals surface area contributed by atoms with E-state index in [1.54, 1.807) is 0 Å². The molecule has 2 rings (SSSR count). The zero-order valence-corrected chi connectivity index (χ0v) is 14.9. The van der Waals surface area contributed by atoms with Gasteiger partial charge in [0, 0.05) is 13.1 Å². The number of amides is 2. The zero-order chi connectivity index (χ0) is 17.9. The summed E-state index contributed by atoms with van der Waals surface area (Å²) >= 11 is 6.05. The van der Waals surface area contributed by atoms with Crippen LogP contribution >= 0.6 is 11.6 Å². The first-order chi connectivity index (χ1) is 11.2. The molecule has 1 aliphatic heterocycles. The van der Waals surface area contributed by atoms with Crippen LogP contribution in [0.3, 0.4) is 0 Å². The number of carbonyl (C=O) groups excluding carboxylic acids is 2. The highest BCUT2D eigenvalue weighted by molar-refractivity contribution is 6.32. The van der Waals surface area contributed by atoms with E-state index in [4.69, 9.17) is 21.1 Å². The first-order valence-corrected chi connectivity index (χ1v) is 8.02. The Kier molecular flexibility index (Phi) is 5.66. The molecule has 0 radical (unpaired) electrons. The molecule has 1 aromatic rings. The van der Waals surface area contributed by atoms with Crippen LogP contribution in [0, 0.1) is 5.41 Å². The maximum atomic E-state index is 12.5. The average molecular weight is 356 g/mol. The molecule has 2 amide bonds. The van der Waals surface area contributed by atoms with Crippen LogP contribution in [0.5, 0.6) is 5.75 Å². The number of hydrogen-bond donors (Lipinski definition) is 2. The Hall–Kier alpha value is -1.86. The molecule has 24 heavy (non-hydrogen) atoms. The second-order valence-corrected chi connectivity index (χ2v) is 7.07. The maximum Gasteiger partial charge on any atom is 0.270 e. The van der Waals surface area contributed by atoms with Crippen LogP contribution in [0.25, 0.3) is 0 Å². The first-order valence-electron chi connectivity index (χ1n) is 7.64. The minimum Gasteiger partial charge on any atom is -0.484 e. The number of aromatic nitrogens is 1. The van der Waals surface area contributed by atoms with Crippen LogP contribution in [0.1, 0.15) is 31.3 Å². The summed E-state index contributed by atoms with van der Waals surface area (Å²) in [6.45, 7) is 6.58. The van der Waals surface area contributed by atoms with Crippen molar-refractivity contribution in [2.75, 3.05) is 20.3 Å². The minimum atomic E-state index is -0.697. The van der Waals surface area contributed by atoms with Crippen LogP contribution in [-0.2, 0) is 9.53 Å². The molecule has 8 heteroatoms. The third-order valence-corrected chi connectivity index (χ3v) is 3.89. The average Bonchev–Trinajstić information content (AvgIpc) is 2.47. The van der Waals surface area contributed by atoms with Crippen LogP contribution in [0.15, 0.2) is 12.3 Å². The molecule has 2 N–H and O–H groups in total. The number of carbonyl (C=O) groups is 2. The molecule has 1 atom stereocenters. The van der Waals surface area contributed by atoms with Crippen LogP contribution < -0.4 is 15.4 Å². The number of nitrogens with one attached hydrogen (secondary N) is 2. The van der Waals surface area contributed by atoms with Gasteiger partial charge in [-0.25, -0.2) is 4.98 Å².